The average Bonchev–Trinajstić information content (AvgIpc) is 2.72. The van der Waals surface area contributed by atoms with Crippen LogP contribution in [0.5, 0.6) is 17.2 Å². The zero-order valence-electron chi connectivity index (χ0n) is 17.5. The number of amides is 1. The van der Waals surface area contributed by atoms with E-state index in [0.29, 0.717) is 37.1 Å². The molecule has 0 bridgehead atoms. The SMILES string of the molecule is CCOc1cc(C(=O)O[C@@H](C)C(=O)Nc2ccccc2F)cc(OCC)c1OCC. The molecule has 1 N–H and O–H groups in total. The van der Waals surface area contributed by atoms with Gasteiger partial charge in [0.15, 0.2) is 17.6 Å². The van der Waals surface area contributed by atoms with Gasteiger partial charge in [0.2, 0.25) is 5.75 Å². The van der Waals surface area contributed by atoms with Gasteiger partial charge in [0, 0.05) is 0 Å². The van der Waals surface area contributed by atoms with Gasteiger partial charge in [-0.3, -0.25) is 4.79 Å². The van der Waals surface area contributed by atoms with Gasteiger partial charge >= 0.3 is 5.97 Å². The van der Waals surface area contributed by atoms with Crippen LogP contribution in [-0.2, 0) is 9.53 Å². The first-order valence-electron chi connectivity index (χ1n) is 9.73. The van der Waals surface area contributed by atoms with Crippen LogP contribution in [0.15, 0.2) is 36.4 Å². The quantitative estimate of drug-likeness (QED) is 0.581. The number of halogens is 1. The Morgan fingerprint density at radius 1 is 0.967 bits per heavy atom. The molecule has 2 rings (SSSR count). The predicted molar refractivity (Wildman–Crippen MR) is 110 cm³/mol. The third-order valence-electron chi connectivity index (χ3n) is 3.93. The first-order valence-corrected chi connectivity index (χ1v) is 9.73. The highest BCUT2D eigenvalue weighted by Crippen LogP contribution is 2.39. The number of rotatable bonds is 10. The number of anilines is 1. The first kappa shape index (κ1) is 23.0. The molecular weight excluding hydrogens is 393 g/mol. The fraction of sp³-hybridized carbons (Fsp3) is 0.364. The molecule has 30 heavy (non-hydrogen) atoms. The summed E-state index contributed by atoms with van der Waals surface area (Å²) in [4.78, 5) is 24.9. The van der Waals surface area contributed by atoms with Crippen molar-refractivity contribution >= 4 is 17.6 Å². The summed E-state index contributed by atoms with van der Waals surface area (Å²) in [6.45, 7) is 7.92. The standard InChI is InChI=1S/C22H26FNO6/c1-5-27-18-12-15(13-19(28-6-2)20(18)29-7-3)22(26)30-14(4)21(25)24-17-11-9-8-10-16(17)23/h8-14H,5-7H2,1-4H3,(H,24,25)/t14-/m0/s1. The Morgan fingerprint density at radius 2 is 1.53 bits per heavy atom. The van der Waals surface area contributed by atoms with E-state index >= 15 is 0 Å². The van der Waals surface area contributed by atoms with Gasteiger partial charge in [-0.2, -0.15) is 0 Å². The van der Waals surface area contributed by atoms with Crippen LogP contribution in [0, 0.1) is 5.82 Å². The summed E-state index contributed by atoms with van der Waals surface area (Å²) in [7, 11) is 0. The summed E-state index contributed by atoms with van der Waals surface area (Å²) in [5, 5.41) is 2.40. The van der Waals surface area contributed by atoms with E-state index in [1.54, 1.807) is 19.9 Å². The second-order valence-electron chi connectivity index (χ2n) is 6.12. The van der Waals surface area contributed by atoms with Crippen molar-refractivity contribution in [3.05, 3.63) is 47.8 Å². The van der Waals surface area contributed by atoms with Crippen LogP contribution in [0.1, 0.15) is 38.1 Å². The normalized spacial score (nSPS) is 11.4. The maximum atomic E-state index is 13.7. The molecule has 8 heteroatoms. The molecule has 0 spiro atoms. The molecule has 2 aromatic rings. The highest BCUT2D eigenvalue weighted by Gasteiger charge is 2.23. The number of esters is 1. The number of hydrogen-bond acceptors (Lipinski definition) is 6. The minimum absolute atomic E-state index is 0.00345. The van der Waals surface area contributed by atoms with Crippen LogP contribution in [0.3, 0.4) is 0 Å². The van der Waals surface area contributed by atoms with Crippen molar-refractivity contribution < 1.29 is 32.9 Å². The number of benzene rings is 2. The minimum Gasteiger partial charge on any atom is -0.490 e. The number of carbonyl (C=O) groups is 2. The Bertz CT molecular complexity index is 859. The largest absolute Gasteiger partial charge is 0.490 e. The van der Waals surface area contributed by atoms with Crippen LogP contribution in [0.25, 0.3) is 0 Å². The van der Waals surface area contributed by atoms with E-state index in [0.717, 1.165) is 0 Å². The van der Waals surface area contributed by atoms with Crippen LogP contribution < -0.4 is 19.5 Å². The molecule has 1 atom stereocenters. The van der Waals surface area contributed by atoms with Crippen LogP contribution in [0.4, 0.5) is 10.1 Å². The van der Waals surface area contributed by atoms with E-state index in [-0.39, 0.29) is 11.3 Å². The van der Waals surface area contributed by atoms with Gasteiger partial charge in [0.25, 0.3) is 5.91 Å². The summed E-state index contributed by atoms with van der Waals surface area (Å²) in [5.74, 6) is -0.936. The summed E-state index contributed by atoms with van der Waals surface area (Å²) in [6, 6.07) is 8.67. The highest BCUT2D eigenvalue weighted by atomic mass is 19.1. The highest BCUT2D eigenvalue weighted by molar-refractivity contribution is 5.97. The lowest BCUT2D eigenvalue weighted by Crippen LogP contribution is -2.30. The maximum Gasteiger partial charge on any atom is 0.339 e. The molecule has 0 aliphatic rings. The lowest BCUT2D eigenvalue weighted by atomic mass is 10.1. The fourth-order valence-electron chi connectivity index (χ4n) is 2.59. The summed E-state index contributed by atoms with van der Waals surface area (Å²) >= 11 is 0. The van der Waals surface area contributed by atoms with E-state index in [1.165, 1.54) is 37.3 Å². The van der Waals surface area contributed by atoms with Crippen LogP contribution in [0.2, 0.25) is 0 Å². The van der Waals surface area contributed by atoms with E-state index in [1.807, 2.05) is 6.92 Å². The fourth-order valence-corrected chi connectivity index (χ4v) is 2.59. The third kappa shape index (κ3) is 5.85. The molecule has 0 unspecified atom stereocenters. The van der Waals surface area contributed by atoms with Crippen LogP contribution in [-0.4, -0.2) is 37.8 Å². The molecule has 0 fully saturated rings. The second-order valence-corrected chi connectivity index (χ2v) is 6.12. The second kappa shape index (κ2) is 11.0. The van der Waals surface area contributed by atoms with Crippen molar-refractivity contribution in [2.45, 2.75) is 33.8 Å². The molecule has 0 saturated heterocycles. The molecule has 0 aromatic heterocycles. The van der Waals surface area contributed by atoms with E-state index in [9.17, 15) is 14.0 Å². The number of ether oxygens (including phenoxy) is 4. The Morgan fingerprint density at radius 3 is 2.07 bits per heavy atom. The molecule has 7 nitrogen and oxygen atoms in total. The van der Waals surface area contributed by atoms with E-state index < -0.39 is 23.8 Å². The van der Waals surface area contributed by atoms with Gasteiger partial charge in [0.1, 0.15) is 5.82 Å². The third-order valence-corrected chi connectivity index (χ3v) is 3.93. The monoisotopic (exact) mass is 419 g/mol. The summed E-state index contributed by atoms with van der Waals surface area (Å²) < 4.78 is 35.7. The molecule has 0 aliphatic carbocycles. The van der Waals surface area contributed by atoms with Crippen molar-refractivity contribution in [2.24, 2.45) is 0 Å². The number of carbonyl (C=O) groups excluding carboxylic acids is 2. The van der Waals surface area contributed by atoms with Gasteiger partial charge in [-0.1, -0.05) is 12.1 Å². The Labute approximate surface area is 175 Å². The molecule has 162 valence electrons. The summed E-state index contributed by atoms with van der Waals surface area (Å²) in [6.07, 6.45) is -1.16. The zero-order chi connectivity index (χ0) is 22.1. The first-order chi connectivity index (χ1) is 14.4. The van der Waals surface area contributed by atoms with Crippen molar-refractivity contribution in [1.82, 2.24) is 0 Å². The molecular formula is C22H26FNO6. The van der Waals surface area contributed by atoms with Crippen molar-refractivity contribution in [3.63, 3.8) is 0 Å². The number of para-hydroxylation sites is 1. The Kier molecular flexibility index (Phi) is 8.46. The smallest absolute Gasteiger partial charge is 0.339 e. The van der Waals surface area contributed by atoms with Gasteiger partial charge in [-0.05, 0) is 52.0 Å². The van der Waals surface area contributed by atoms with Crippen molar-refractivity contribution in [1.29, 1.82) is 0 Å². The average molecular weight is 419 g/mol. The minimum atomic E-state index is -1.16. The van der Waals surface area contributed by atoms with Gasteiger partial charge in [-0.15, -0.1) is 0 Å². The molecule has 0 radical (unpaired) electrons. The molecule has 1 amide bonds. The Hall–Kier alpha value is -3.29. The molecule has 2 aromatic carbocycles. The predicted octanol–water partition coefficient (Wildman–Crippen LogP) is 4.21. The van der Waals surface area contributed by atoms with Gasteiger partial charge in [-0.25, -0.2) is 9.18 Å². The lowest BCUT2D eigenvalue weighted by Gasteiger charge is -2.18. The lowest BCUT2D eigenvalue weighted by molar-refractivity contribution is -0.123. The summed E-state index contributed by atoms with van der Waals surface area (Å²) in [5.41, 5.74) is 0.139. The van der Waals surface area contributed by atoms with Gasteiger partial charge < -0.3 is 24.3 Å². The van der Waals surface area contributed by atoms with Crippen molar-refractivity contribution in [3.8, 4) is 17.2 Å². The number of hydrogen-bond donors (Lipinski definition) is 1. The van der Waals surface area contributed by atoms with Crippen molar-refractivity contribution in [2.75, 3.05) is 25.1 Å². The molecule has 0 saturated carbocycles. The van der Waals surface area contributed by atoms with E-state index in [4.69, 9.17) is 18.9 Å². The van der Waals surface area contributed by atoms with E-state index in [2.05, 4.69) is 5.32 Å². The molecule has 0 heterocycles. The maximum absolute atomic E-state index is 13.7. The van der Waals surface area contributed by atoms with Gasteiger partial charge in [0.05, 0.1) is 31.1 Å². The van der Waals surface area contributed by atoms with Crippen LogP contribution >= 0.6 is 0 Å². The molecule has 0 aliphatic heterocycles. The Balaban J connectivity index is 2.20. The topological polar surface area (TPSA) is 83.1 Å². The number of nitrogens with one attached hydrogen (secondary N) is 1. The zero-order valence-corrected chi connectivity index (χ0v) is 17.5.